The molecule has 1 aromatic rings. The molecule has 7 rings (SSSR count). The zero-order chi connectivity index (χ0) is 18.8. The number of anilines is 1. The third-order valence-electron chi connectivity index (χ3n) is 8.39. The minimum absolute atomic E-state index is 0.205. The van der Waals surface area contributed by atoms with Gasteiger partial charge in [-0.05, 0) is 31.4 Å². The Labute approximate surface area is 157 Å². The van der Waals surface area contributed by atoms with Crippen LogP contribution in [0.3, 0.4) is 0 Å². The molecule has 5 aliphatic heterocycles. The van der Waals surface area contributed by atoms with Crippen molar-refractivity contribution in [2.24, 2.45) is 11.3 Å². The number of hydrogen-bond acceptors (Lipinski definition) is 6. The Kier molecular flexibility index (Phi) is 2.72. The zero-order valence-electron chi connectivity index (χ0n) is 15.5. The van der Waals surface area contributed by atoms with E-state index in [2.05, 4.69) is 10.2 Å². The molecule has 1 saturated carbocycles. The highest BCUT2D eigenvalue weighted by molar-refractivity contribution is 5.84. The number of nitrogens with zero attached hydrogens (tertiary/aromatic N) is 1. The molecule has 8 atom stereocenters. The van der Waals surface area contributed by atoms with Gasteiger partial charge in [0.05, 0.1) is 24.7 Å². The average molecular weight is 368 g/mol. The average Bonchev–Trinajstić information content (AvgIpc) is 3.15. The number of benzene rings is 1. The predicted molar refractivity (Wildman–Crippen MR) is 97.9 cm³/mol. The van der Waals surface area contributed by atoms with E-state index >= 15 is 0 Å². The second-order valence-electron chi connectivity index (χ2n) is 8.84. The van der Waals surface area contributed by atoms with E-state index in [9.17, 15) is 15.0 Å². The topological polar surface area (TPSA) is 82.0 Å². The molecule has 0 amide bonds. The highest BCUT2D eigenvalue weighted by Gasteiger charge is 2.85. The van der Waals surface area contributed by atoms with Crippen molar-refractivity contribution in [1.82, 2.24) is 4.90 Å². The quantitative estimate of drug-likeness (QED) is 0.507. The fraction of sp³-hybridized carbons (Fsp3) is 0.571. The summed E-state index contributed by atoms with van der Waals surface area (Å²) < 4.78 is 5.29. The molecule has 6 heteroatoms. The van der Waals surface area contributed by atoms with Crippen molar-refractivity contribution in [3.8, 4) is 0 Å². The maximum absolute atomic E-state index is 13.3. The predicted octanol–water partition coefficient (Wildman–Crippen LogP) is 0.995. The molecule has 142 valence electrons. The summed E-state index contributed by atoms with van der Waals surface area (Å²) in [6.45, 7) is 2.61. The molecule has 4 saturated heterocycles. The number of allylic oxidation sites excluding steroid dienone is 1. The van der Waals surface area contributed by atoms with Crippen LogP contribution in [0.5, 0.6) is 0 Å². The van der Waals surface area contributed by atoms with Crippen molar-refractivity contribution in [1.29, 1.82) is 0 Å². The summed E-state index contributed by atoms with van der Waals surface area (Å²) >= 11 is 0. The van der Waals surface area contributed by atoms with E-state index in [1.165, 1.54) is 7.11 Å². The van der Waals surface area contributed by atoms with Gasteiger partial charge >= 0.3 is 5.97 Å². The summed E-state index contributed by atoms with van der Waals surface area (Å²) in [5.74, 6) is -0.554. The monoisotopic (exact) mass is 368 g/mol. The third kappa shape index (κ3) is 1.36. The first-order valence-corrected chi connectivity index (χ1v) is 9.73. The van der Waals surface area contributed by atoms with Gasteiger partial charge in [0, 0.05) is 24.2 Å². The smallest absolute Gasteiger partial charge is 0.316 e. The van der Waals surface area contributed by atoms with Gasteiger partial charge in [0.2, 0.25) is 0 Å². The van der Waals surface area contributed by atoms with Gasteiger partial charge in [-0.1, -0.05) is 29.8 Å². The Morgan fingerprint density at radius 3 is 2.89 bits per heavy atom. The van der Waals surface area contributed by atoms with Crippen LogP contribution >= 0.6 is 0 Å². The first-order valence-electron chi connectivity index (χ1n) is 9.73. The first kappa shape index (κ1) is 16.1. The molecule has 5 bridgehead atoms. The van der Waals surface area contributed by atoms with Gasteiger partial charge in [-0.3, -0.25) is 9.69 Å². The Bertz CT molecular complexity index is 915. The van der Waals surface area contributed by atoms with Crippen LogP contribution in [0.25, 0.3) is 0 Å². The van der Waals surface area contributed by atoms with Crippen molar-refractivity contribution >= 4 is 11.7 Å². The van der Waals surface area contributed by atoms with Crippen LogP contribution in [0, 0.1) is 11.3 Å². The number of ether oxygens (including phenoxy) is 1. The lowest BCUT2D eigenvalue weighted by atomic mass is 9.57. The molecular weight excluding hydrogens is 344 g/mol. The number of aliphatic hydroxyl groups excluding tert-OH is 1. The van der Waals surface area contributed by atoms with Crippen molar-refractivity contribution in [2.45, 2.75) is 49.1 Å². The minimum atomic E-state index is -1.09. The Balaban J connectivity index is 1.69. The number of esters is 1. The standard InChI is InChI=1S/C21H24N2O4/c1-3-11-10-23-15-9-19-12-6-4-5-7-14(12)22-16(19)20(23,26)8-13(11)21(15,17(19)24)18(25)27-2/h3-7,13,15-17,22,24,26H,8-10H2,1-2H3/t13-,15-,16+,17+,19+,20+,21+/m0/s1. The van der Waals surface area contributed by atoms with Gasteiger partial charge in [0.15, 0.2) is 0 Å². The van der Waals surface area contributed by atoms with Crippen LogP contribution < -0.4 is 5.32 Å². The molecule has 6 aliphatic rings. The second-order valence-corrected chi connectivity index (χ2v) is 8.84. The molecule has 1 aliphatic carbocycles. The maximum atomic E-state index is 13.3. The largest absolute Gasteiger partial charge is 0.468 e. The molecular formula is C21H24N2O4. The van der Waals surface area contributed by atoms with Crippen molar-refractivity contribution < 1.29 is 19.7 Å². The van der Waals surface area contributed by atoms with Crippen LogP contribution in [0.4, 0.5) is 5.69 Å². The lowest BCUT2D eigenvalue weighted by molar-refractivity contribution is -0.240. The summed E-state index contributed by atoms with van der Waals surface area (Å²) in [7, 11) is 1.40. The van der Waals surface area contributed by atoms with Crippen molar-refractivity contribution in [3.63, 3.8) is 0 Å². The third-order valence-corrected chi connectivity index (χ3v) is 8.39. The van der Waals surface area contributed by atoms with Crippen LogP contribution in [-0.4, -0.2) is 58.6 Å². The van der Waals surface area contributed by atoms with E-state index < -0.39 is 22.7 Å². The summed E-state index contributed by atoms with van der Waals surface area (Å²) in [5, 5.41) is 27.3. The highest BCUT2D eigenvalue weighted by atomic mass is 16.5. The van der Waals surface area contributed by atoms with Gasteiger partial charge in [0.25, 0.3) is 0 Å². The molecule has 0 radical (unpaired) electrons. The number of fused-ring (bicyclic) bond motifs is 2. The fourth-order valence-electron chi connectivity index (χ4n) is 7.51. The molecule has 1 unspecified atom stereocenters. The maximum Gasteiger partial charge on any atom is 0.316 e. The summed E-state index contributed by atoms with van der Waals surface area (Å²) in [4.78, 5) is 15.3. The number of methoxy groups -OCH3 is 1. The van der Waals surface area contributed by atoms with Crippen LogP contribution in [0.2, 0.25) is 0 Å². The molecule has 1 aromatic carbocycles. The number of nitrogens with one attached hydrogen (secondary N) is 1. The van der Waals surface area contributed by atoms with Gasteiger partial charge in [-0.25, -0.2) is 0 Å². The lowest BCUT2D eigenvalue weighted by Crippen LogP contribution is -2.77. The molecule has 1 spiro atoms. The van der Waals surface area contributed by atoms with Crippen molar-refractivity contribution in [3.05, 3.63) is 41.5 Å². The molecule has 27 heavy (non-hydrogen) atoms. The fourth-order valence-corrected chi connectivity index (χ4v) is 7.51. The van der Waals surface area contributed by atoms with E-state index in [1.807, 2.05) is 37.3 Å². The van der Waals surface area contributed by atoms with Crippen LogP contribution in [0.15, 0.2) is 35.9 Å². The molecule has 5 fully saturated rings. The molecule has 5 heterocycles. The summed E-state index contributed by atoms with van der Waals surface area (Å²) in [6.07, 6.45) is 2.21. The van der Waals surface area contributed by atoms with Gasteiger partial charge in [0.1, 0.15) is 11.1 Å². The molecule has 0 aromatic heterocycles. The van der Waals surface area contributed by atoms with E-state index in [0.717, 1.165) is 16.8 Å². The number of aliphatic hydroxyl groups is 2. The van der Waals surface area contributed by atoms with Crippen LogP contribution in [-0.2, 0) is 14.9 Å². The molecule has 3 N–H and O–H groups in total. The first-order chi connectivity index (χ1) is 13.0. The van der Waals surface area contributed by atoms with E-state index in [0.29, 0.717) is 19.4 Å². The Morgan fingerprint density at radius 2 is 2.15 bits per heavy atom. The Hall–Kier alpha value is -1.89. The van der Waals surface area contributed by atoms with Gasteiger partial charge < -0.3 is 20.3 Å². The summed E-state index contributed by atoms with van der Waals surface area (Å²) in [6, 6.07) is 7.38. The lowest BCUT2D eigenvalue weighted by Gasteiger charge is -2.64. The van der Waals surface area contributed by atoms with E-state index in [1.54, 1.807) is 0 Å². The van der Waals surface area contributed by atoms with Crippen molar-refractivity contribution in [2.75, 3.05) is 19.0 Å². The number of rotatable bonds is 1. The summed E-state index contributed by atoms with van der Waals surface area (Å²) in [5.41, 5.74) is 0.278. The van der Waals surface area contributed by atoms with Gasteiger partial charge in [-0.15, -0.1) is 0 Å². The zero-order valence-corrected chi connectivity index (χ0v) is 15.5. The van der Waals surface area contributed by atoms with E-state index in [4.69, 9.17) is 4.74 Å². The number of hydrogen-bond donors (Lipinski definition) is 3. The van der Waals surface area contributed by atoms with Crippen LogP contribution in [0.1, 0.15) is 25.3 Å². The Morgan fingerprint density at radius 1 is 1.37 bits per heavy atom. The van der Waals surface area contributed by atoms with Gasteiger partial charge in [-0.2, -0.15) is 0 Å². The number of carbonyl (C=O) groups excluding carboxylic acids is 1. The minimum Gasteiger partial charge on any atom is -0.468 e. The van der Waals surface area contributed by atoms with E-state index in [-0.39, 0.29) is 24.0 Å². The number of piperidine rings is 4. The highest BCUT2D eigenvalue weighted by Crippen LogP contribution is 2.73. The normalized spacial score (nSPS) is 51.9. The SMILES string of the molecule is CC=C1CN2[C@H]3C[C@@]45c6ccccc6N[C@H]4[C@]2(O)C[C@@H]1[C@]3(C(=O)OC)[C@@H]5O. The number of para-hydroxylation sites is 1. The molecule has 6 nitrogen and oxygen atoms in total. The number of carbonyl (C=O) groups is 1. The second kappa shape index (κ2) is 4.57.